The predicted octanol–water partition coefficient (Wildman–Crippen LogP) is 3.95. The second kappa shape index (κ2) is 8.24. The Morgan fingerprint density at radius 3 is 2.59 bits per heavy atom. The van der Waals surface area contributed by atoms with Gasteiger partial charge < -0.3 is 9.30 Å². The van der Waals surface area contributed by atoms with Crippen LogP contribution in [-0.2, 0) is 6.54 Å². The standard InChI is InChI=1S/C23H17ClN6O2/c1-32-18-9-19-20(21(31)16-10-28-30(13-16)23-25-7-2-8-26-23)14-29(22(19)27-11-18)12-15-3-5-17(24)6-4-15/h2-11,13-14H,12H2,1H3. The van der Waals surface area contributed by atoms with E-state index in [4.69, 9.17) is 16.3 Å². The van der Waals surface area contributed by atoms with Crippen LogP contribution >= 0.6 is 11.6 Å². The number of methoxy groups -OCH3 is 1. The largest absolute Gasteiger partial charge is 0.495 e. The number of carbonyl (C=O) groups is 1. The van der Waals surface area contributed by atoms with Gasteiger partial charge in [-0.2, -0.15) is 5.10 Å². The van der Waals surface area contributed by atoms with Gasteiger partial charge in [0.2, 0.25) is 5.95 Å². The Balaban J connectivity index is 1.56. The van der Waals surface area contributed by atoms with E-state index in [0.717, 1.165) is 5.56 Å². The van der Waals surface area contributed by atoms with Gasteiger partial charge in [0, 0.05) is 41.7 Å². The number of hydrogen-bond acceptors (Lipinski definition) is 6. The molecule has 0 saturated heterocycles. The lowest BCUT2D eigenvalue weighted by atomic mass is 10.1. The second-order valence-electron chi connectivity index (χ2n) is 7.09. The SMILES string of the molecule is COc1cnc2c(c1)c(C(=O)c1cnn(-c3ncccn3)c1)cn2Cc1ccc(Cl)cc1. The summed E-state index contributed by atoms with van der Waals surface area (Å²) >= 11 is 6.01. The maximum Gasteiger partial charge on any atom is 0.250 e. The molecular formula is C23H17ClN6O2. The third-order valence-electron chi connectivity index (χ3n) is 5.04. The van der Waals surface area contributed by atoms with Crippen molar-refractivity contribution in [2.75, 3.05) is 7.11 Å². The molecule has 0 unspecified atom stereocenters. The maximum atomic E-state index is 13.4. The van der Waals surface area contributed by atoms with Crippen LogP contribution in [0.3, 0.4) is 0 Å². The highest BCUT2D eigenvalue weighted by Crippen LogP contribution is 2.27. The van der Waals surface area contributed by atoms with Crippen LogP contribution in [0.25, 0.3) is 17.0 Å². The molecule has 4 heterocycles. The van der Waals surface area contributed by atoms with Crippen molar-refractivity contribution < 1.29 is 9.53 Å². The minimum Gasteiger partial charge on any atom is -0.495 e. The Bertz CT molecular complexity index is 1410. The van der Waals surface area contributed by atoms with Gasteiger partial charge in [0.15, 0.2) is 5.78 Å². The van der Waals surface area contributed by atoms with Crippen molar-refractivity contribution in [1.29, 1.82) is 0 Å². The number of pyridine rings is 1. The van der Waals surface area contributed by atoms with Crippen molar-refractivity contribution in [3.63, 3.8) is 0 Å². The molecule has 32 heavy (non-hydrogen) atoms. The fourth-order valence-electron chi connectivity index (χ4n) is 3.47. The Morgan fingerprint density at radius 2 is 1.84 bits per heavy atom. The molecule has 4 aromatic heterocycles. The molecule has 0 radical (unpaired) electrons. The van der Waals surface area contributed by atoms with Crippen molar-refractivity contribution in [2.45, 2.75) is 6.54 Å². The normalized spacial score (nSPS) is 11.1. The van der Waals surface area contributed by atoms with Crippen LogP contribution in [0.1, 0.15) is 21.5 Å². The Morgan fingerprint density at radius 1 is 1.06 bits per heavy atom. The van der Waals surface area contributed by atoms with Gasteiger partial charge in [-0.05, 0) is 29.8 Å². The zero-order valence-electron chi connectivity index (χ0n) is 17.0. The van der Waals surface area contributed by atoms with Gasteiger partial charge in [0.25, 0.3) is 0 Å². The van der Waals surface area contributed by atoms with Crippen LogP contribution < -0.4 is 4.74 Å². The first-order valence-electron chi connectivity index (χ1n) is 9.76. The average Bonchev–Trinajstić information content (AvgIpc) is 3.46. The van der Waals surface area contributed by atoms with Gasteiger partial charge >= 0.3 is 0 Å². The molecule has 5 rings (SSSR count). The summed E-state index contributed by atoms with van der Waals surface area (Å²) in [6.45, 7) is 0.539. The van der Waals surface area contributed by atoms with E-state index in [1.165, 1.54) is 10.9 Å². The van der Waals surface area contributed by atoms with Crippen LogP contribution in [0.5, 0.6) is 5.75 Å². The molecule has 8 nitrogen and oxygen atoms in total. The highest BCUT2D eigenvalue weighted by atomic mass is 35.5. The molecule has 0 bridgehead atoms. The Hall–Kier alpha value is -4.04. The molecule has 0 amide bonds. The average molecular weight is 445 g/mol. The summed E-state index contributed by atoms with van der Waals surface area (Å²) in [6.07, 6.45) is 9.81. The van der Waals surface area contributed by atoms with Gasteiger partial charge in [-0.25, -0.2) is 19.6 Å². The van der Waals surface area contributed by atoms with E-state index in [1.807, 2.05) is 41.1 Å². The number of carbonyl (C=O) groups excluding carboxylic acids is 1. The van der Waals surface area contributed by atoms with Crippen molar-refractivity contribution in [1.82, 2.24) is 29.3 Å². The molecular weight excluding hydrogens is 428 g/mol. The van der Waals surface area contributed by atoms with Gasteiger partial charge in [-0.1, -0.05) is 23.7 Å². The number of benzene rings is 1. The number of ether oxygens (including phenoxy) is 1. The maximum absolute atomic E-state index is 13.4. The van der Waals surface area contributed by atoms with Crippen LogP contribution in [0.4, 0.5) is 0 Å². The number of nitrogens with zero attached hydrogens (tertiary/aromatic N) is 6. The molecule has 0 saturated carbocycles. The molecule has 0 atom stereocenters. The Labute approximate surface area is 188 Å². The molecule has 5 aromatic rings. The molecule has 0 spiro atoms. The first-order valence-corrected chi connectivity index (χ1v) is 10.1. The minimum absolute atomic E-state index is 0.179. The number of hydrogen-bond donors (Lipinski definition) is 0. The summed E-state index contributed by atoms with van der Waals surface area (Å²) in [5.41, 5.74) is 2.65. The summed E-state index contributed by atoms with van der Waals surface area (Å²) in [7, 11) is 1.57. The first-order chi connectivity index (χ1) is 15.6. The topological polar surface area (TPSA) is 87.7 Å². The quantitative estimate of drug-likeness (QED) is 0.368. The van der Waals surface area contributed by atoms with Crippen LogP contribution in [0.2, 0.25) is 5.02 Å². The zero-order valence-corrected chi connectivity index (χ0v) is 17.8. The molecule has 0 aliphatic heterocycles. The van der Waals surface area contributed by atoms with E-state index < -0.39 is 0 Å². The third kappa shape index (κ3) is 3.72. The Kier molecular flexibility index (Phi) is 5.12. The molecule has 0 aliphatic rings. The lowest BCUT2D eigenvalue weighted by Gasteiger charge is -2.05. The van der Waals surface area contributed by atoms with Crippen molar-refractivity contribution in [3.05, 3.63) is 95.3 Å². The number of fused-ring (bicyclic) bond motifs is 1. The van der Waals surface area contributed by atoms with E-state index in [0.29, 0.717) is 45.4 Å². The molecule has 1 aromatic carbocycles. The molecule has 9 heteroatoms. The van der Waals surface area contributed by atoms with E-state index in [9.17, 15) is 4.79 Å². The first kappa shape index (κ1) is 19.9. The summed E-state index contributed by atoms with van der Waals surface area (Å²) in [6, 6.07) is 11.1. The molecule has 0 fully saturated rings. The van der Waals surface area contributed by atoms with Crippen molar-refractivity contribution >= 4 is 28.4 Å². The van der Waals surface area contributed by atoms with Crippen LogP contribution in [0.15, 0.2) is 73.6 Å². The van der Waals surface area contributed by atoms with Crippen LogP contribution in [-0.4, -0.2) is 42.2 Å². The van der Waals surface area contributed by atoms with Crippen molar-refractivity contribution in [2.24, 2.45) is 0 Å². The third-order valence-corrected chi connectivity index (χ3v) is 5.29. The lowest BCUT2D eigenvalue weighted by Crippen LogP contribution is -2.02. The summed E-state index contributed by atoms with van der Waals surface area (Å²) in [4.78, 5) is 26.3. The predicted molar refractivity (Wildman–Crippen MR) is 119 cm³/mol. The summed E-state index contributed by atoms with van der Waals surface area (Å²) < 4.78 is 8.75. The van der Waals surface area contributed by atoms with Crippen molar-refractivity contribution in [3.8, 4) is 11.7 Å². The molecule has 0 N–H and O–H groups in total. The fourth-order valence-corrected chi connectivity index (χ4v) is 3.59. The number of ketones is 1. The van der Waals surface area contributed by atoms with E-state index >= 15 is 0 Å². The van der Waals surface area contributed by atoms with E-state index in [1.54, 1.807) is 38.0 Å². The van der Waals surface area contributed by atoms with Gasteiger partial charge in [0.1, 0.15) is 11.4 Å². The zero-order chi connectivity index (χ0) is 22.1. The summed E-state index contributed by atoms with van der Waals surface area (Å²) in [5.74, 6) is 0.784. The lowest BCUT2D eigenvalue weighted by molar-refractivity contribution is 0.104. The minimum atomic E-state index is -0.179. The van der Waals surface area contributed by atoms with Gasteiger partial charge in [-0.3, -0.25) is 4.79 Å². The second-order valence-corrected chi connectivity index (χ2v) is 7.53. The highest BCUT2D eigenvalue weighted by Gasteiger charge is 2.20. The highest BCUT2D eigenvalue weighted by molar-refractivity contribution is 6.30. The van der Waals surface area contributed by atoms with E-state index in [-0.39, 0.29) is 5.78 Å². The monoisotopic (exact) mass is 444 g/mol. The van der Waals surface area contributed by atoms with E-state index in [2.05, 4.69) is 20.1 Å². The number of aromatic nitrogens is 6. The smallest absolute Gasteiger partial charge is 0.250 e. The molecule has 158 valence electrons. The number of halogens is 1. The van der Waals surface area contributed by atoms with Crippen LogP contribution in [0, 0.1) is 0 Å². The molecule has 0 aliphatic carbocycles. The number of rotatable bonds is 6. The fraction of sp³-hybridized carbons (Fsp3) is 0.0870. The van der Waals surface area contributed by atoms with Gasteiger partial charge in [-0.15, -0.1) is 0 Å². The van der Waals surface area contributed by atoms with Gasteiger partial charge in [0.05, 0.1) is 30.6 Å². The summed E-state index contributed by atoms with van der Waals surface area (Å²) in [5, 5.41) is 5.61.